The lowest BCUT2D eigenvalue weighted by molar-refractivity contribution is 0.104. The third-order valence-electron chi connectivity index (χ3n) is 3.15. The first kappa shape index (κ1) is 15.4. The highest BCUT2D eigenvalue weighted by molar-refractivity contribution is 6.37. The van der Waals surface area contributed by atoms with Gasteiger partial charge in [0.2, 0.25) is 0 Å². The van der Waals surface area contributed by atoms with Crippen LogP contribution in [-0.2, 0) is 0 Å². The third kappa shape index (κ3) is 3.47. The van der Waals surface area contributed by atoms with Crippen LogP contribution in [0, 0.1) is 0 Å². The molecule has 2 aromatic carbocycles. The zero-order chi connectivity index (χ0) is 16.2. The highest BCUT2D eigenvalue weighted by atomic mass is 35.5. The van der Waals surface area contributed by atoms with Crippen molar-refractivity contribution in [1.29, 1.82) is 0 Å². The van der Waals surface area contributed by atoms with Crippen molar-refractivity contribution < 1.29 is 4.79 Å². The van der Waals surface area contributed by atoms with E-state index in [-0.39, 0.29) is 5.78 Å². The Balaban J connectivity index is 1.87. The van der Waals surface area contributed by atoms with Crippen LogP contribution in [0.2, 0.25) is 10.0 Å². The fourth-order valence-electron chi connectivity index (χ4n) is 2.01. The molecule has 23 heavy (non-hydrogen) atoms. The second-order valence-electron chi connectivity index (χ2n) is 4.64. The molecule has 7 heteroatoms. The average Bonchev–Trinajstić information content (AvgIpc) is 3.09. The number of ketones is 1. The fraction of sp³-hybridized carbons (Fsp3) is 0. The summed E-state index contributed by atoms with van der Waals surface area (Å²) in [4.78, 5) is 12.3. The molecule has 0 saturated carbocycles. The van der Waals surface area contributed by atoms with Crippen molar-refractivity contribution in [3.05, 3.63) is 76.0 Å². The van der Waals surface area contributed by atoms with Crippen LogP contribution in [0.15, 0.2) is 54.9 Å². The van der Waals surface area contributed by atoms with Gasteiger partial charge in [0.25, 0.3) is 0 Å². The molecular weight excluding hydrogens is 335 g/mol. The molecule has 5 nitrogen and oxygen atoms in total. The minimum Gasteiger partial charge on any atom is -0.289 e. The number of halogens is 2. The maximum absolute atomic E-state index is 12.3. The van der Waals surface area contributed by atoms with Gasteiger partial charge < -0.3 is 0 Å². The van der Waals surface area contributed by atoms with Crippen molar-refractivity contribution in [3.8, 4) is 5.69 Å². The molecule has 3 aromatic rings. The summed E-state index contributed by atoms with van der Waals surface area (Å²) < 4.78 is 1.48. The molecule has 3 rings (SSSR count). The van der Waals surface area contributed by atoms with E-state index in [1.807, 2.05) is 6.07 Å². The minimum absolute atomic E-state index is 0.170. The molecule has 0 amide bonds. The minimum atomic E-state index is -0.170. The molecule has 0 fully saturated rings. The van der Waals surface area contributed by atoms with Crippen molar-refractivity contribution in [2.75, 3.05) is 0 Å². The summed E-state index contributed by atoms with van der Waals surface area (Å²) in [5.41, 5.74) is 1.82. The van der Waals surface area contributed by atoms with Crippen LogP contribution < -0.4 is 0 Å². The molecule has 0 unspecified atom stereocenters. The van der Waals surface area contributed by atoms with Crippen LogP contribution in [0.5, 0.6) is 0 Å². The van der Waals surface area contributed by atoms with E-state index in [1.54, 1.807) is 42.5 Å². The van der Waals surface area contributed by atoms with Gasteiger partial charge in [0, 0.05) is 21.2 Å². The second kappa shape index (κ2) is 6.73. The molecule has 0 bridgehead atoms. The first-order valence-corrected chi connectivity index (χ1v) is 7.40. The van der Waals surface area contributed by atoms with E-state index in [4.69, 9.17) is 23.2 Å². The molecular formula is C16H10Cl2N4O. The van der Waals surface area contributed by atoms with Gasteiger partial charge in [-0.05, 0) is 46.8 Å². The number of tetrazole rings is 1. The van der Waals surface area contributed by atoms with Crippen LogP contribution in [0.3, 0.4) is 0 Å². The summed E-state index contributed by atoms with van der Waals surface area (Å²) >= 11 is 12.2. The number of aromatic nitrogens is 4. The van der Waals surface area contributed by atoms with Crippen LogP contribution in [0.1, 0.15) is 15.9 Å². The SMILES string of the molecule is O=C(/C=C/c1c(Cl)cccc1Cl)c1cccc(-n2cnnn2)c1. The van der Waals surface area contributed by atoms with Crippen molar-refractivity contribution in [1.82, 2.24) is 20.2 Å². The number of carbonyl (C=O) groups excluding carboxylic acids is 1. The van der Waals surface area contributed by atoms with Gasteiger partial charge in [-0.15, -0.1) is 5.10 Å². The van der Waals surface area contributed by atoms with Gasteiger partial charge in [-0.1, -0.05) is 41.4 Å². The molecule has 0 aliphatic rings. The molecule has 0 saturated heterocycles. The van der Waals surface area contributed by atoms with E-state index < -0.39 is 0 Å². The van der Waals surface area contributed by atoms with Gasteiger partial charge in [-0.25, -0.2) is 4.68 Å². The normalized spacial score (nSPS) is 11.0. The van der Waals surface area contributed by atoms with Crippen molar-refractivity contribution >= 4 is 35.1 Å². The Hall–Kier alpha value is -2.50. The molecule has 0 aliphatic heterocycles. The number of nitrogens with zero attached hydrogens (tertiary/aromatic N) is 4. The van der Waals surface area contributed by atoms with E-state index in [0.29, 0.717) is 26.9 Å². The molecule has 114 valence electrons. The lowest BCUT2D eigenvalue weighted by Crippen LogP contribution is -1.99. The van der Waals surface area contributed by atoms with Gasteiger partial charge >= 0.3 is 0 Å². The zero-order valence-electron chi connectivity index (χ0n) is 11.7. The molecule has 0 N–H and O–H groups in total. The molecule has 0 radical (unpaired) electrons. The highest BCUT2D eigenvalue weighted by Crippen LogP contribution is 2.25. The largest absolute Gasteiger partial charge is 0.289 e. The van der Waals surface area contributed by atoms with Crippen LogP contribution in [-0.4, -0.2) is 26.0 Å². The summed E-state index contributed by atoms with van der Waals surface area (Å²) in [6.07, 6.45) is 4.51. The predicted molar refractivity (Wildman–Crippen MR) is 89.0 cm³/mol. The summed E-state index contributed by atoms with van der Waals surface area (Å²) in [5.74, 6) is -0.170. The fourth-order valence-corrected chi connectivity index (χ4v) is 2.53. The number of benzene rings is 2. The van der Waals surface area contributed by atoms with Crippen molar-refractivity contribution in [2.45, 2.75) is 0 Å². The van der Waals surface area contributed by atoms with Crippen LogP contribution >= 0.6 is 23.2 Å². The summed E-state index contributed by atoms with van der Waals surface area (Å²) in [6.45, 7) is 0. The van der Waals surface area contributed by atoms with Gasteiger partial charge in [-0.2, -0.15) is 0 Å². The Bertz CT molecular complexity index is 855. The smallest absolute Gasteiger partial charge is 0.185 e. The van der Waals surface area contributed by atoms with E-state index >= 15 is 0 Å². The number of allylic oxidation sites excluding steroid dienone is 1. The number of rotatable bonds is 4. The van der Waals surface area contributed by atoms with E-state index in [0.717, 1.165) is 0 Å². The van der Waals surface area contributed by atoms with E-state index in [2.05, 4.69) is 15.5 Å². The molecule has 0 spiro atoms. The number of hydrogen-bond acceptors (Lipinski definition) is 4. The van der Waals surface area contributed by atoms with Crippen molar-refractivity contribution in [3.63, 3.8) is 0 Å². The first-order chi connectivity index (χ1) is 11.1. The first-order valence-electron chi connectivity index (χ1n) is 6.65. The number of hydrogen-bond donors (Lipinski definition) is 0. The van der Waals surface area contributed by atoms with Gasteiger partial charge in [0.15, 0.2) is 5.78 Å². The predicted octanol–water partition coefficient (Wildman–Crippen LogP) is 3.87. The summed E-state index contributed by atoms with van der Waals surface area (Å²) in [6, 6.07) is 12.2. The topological polar surface area (TPSA) is 60.7 Å². The van der Waals surface area contributed by atoms with Crippen LogP contribution in [0.4, 0.5) is 0 Å². The maximum Gasteiger partial charge on any atom is 0.185 e. The van der Waals surface area contributed by atoms with Crippen molar-refractivity contribution in [2.24, 2.45) is 0 Å². The maximum atomic E-state index is 12.3. The standard InChI is InChI=1S/C16H10Cl2N4O/c17-14-5-2-6-15(18)13(14)7-8-16(23)11-3-1-4-12(9-11)22-10-19-20-21-22/h1-10H/b8-7+. The highest BCUT2D eigenvalue weighted by Gasteiger charge is 2.06. The Morgan fingerprint density at radius 2 is 1.83 bits per heavy atom. The Morgan fingerprint density at radius 3 is 2.52 bits per heavy atom. The van der Waals surface area contributed by atoms with E-state index in [1.165, 1.54) is 17.1 Å². The number of carbonyl (C=O) groups is 1. The molecule has 1 heterocycles. The van der Waals surface area contributed by atoms with Crippen LogP contribution in [0.25, 0.3) is 11.8 Å². The summed E-state index contributed by atoms with van der Waals surface area (Å²) in [5, 5.41) is 11.9. The summed E-state index contributed by atoms with van der Waals surface area (Å²) in [7, 11) is 0. The monoisotopic (exact) mass is 344 g/mol. The van der Waals surface area contributed by atoms with Gasteiger partial charge in [0.1, 0.15) is 6.33 Å². The lowest BCUT2D eigenvalue weighted by atomic mass is 10.1. The van der Waals surface area contributed by atoms with Gasteiger partial charge in [0.05, 0.1) is 5.69 Å². The molecule has 0 aliphatic carbocycles. The Morgan fingerprint density at radius 1 is 1.09 bits per heavy atom. The lowest BCUT2D eigenvalue weighted by Gasteiger charge is -2.02. The Kier molecular flexibility index (Phi) is 4.50. The second-order valence-corrected chi connectivity index (χ2v) is 5.45. The average molecular weight is 345 g/mol. The quantitative estimate of drug-likeness (QED) is 0.532. The Labute approximate surface area is 142 Å². The van der Waals surface area contributed by atoms with E-state index in [9.17, 15) is 4.79 Å². The third-order valence-corrected chi connectivity index (χ3v) is 3.80. The molecule has 1 aromatic heterocycles. The molecule has 0 atom stereocenters. The van der Waals surface area contributed by atoms with Gasteiger partial charge in [-0.3, -0.25) is 4.79 Å². The zero-order valence-corrected chi connectivity index (χ0v) is 13.2.